The van der Waals surface area contributed by atoms with Gasteiger partial charge in [-0.3, -0.25) is 14.2 Å². The van der Waals surface area contributed by atoms with Crippen molar-refractivity contribution in [3.63, 3.8) is 0 Å². The second kappa shape index (κ2) is 4.61. The molecule has 0 aromatic carbocycles. The Bertz CT molecular complexity index is 572. The Hall–Kier alpha value is -2.15. The highest BCUT2D eigenvalue weighted by Gasteiger charge is 2.25. The number of carbonyl (C=O) groups is 1. The predicted octanol–water partition coefficient (Wildman–Crippen LogP) is 0.0449. The Labute approximate surface area is 104 Å². The molecule has 7 heteroatoms. The van der Waals surface area contributed by atoms with E-state index in [-0.39, 0.29) is 5.78 Å². The minimum atomic E-state index is -0.775. The molecule has 0 saturated heterocycles. The number of ketones is 1. The van der Waals surface area contributed by atoms with Crippen molar-refractivity contribution in [1.29, 1.82) is 0 Å². The van der Waals surface area contributed by atoms with Gasteiger partial charge in [-0.25, -0.2) is 0 Å². The van der Waals surface area contributed by atoms with Crippen LogP contribution < -0.4 is 10.5 Å². The summed E-state index contributed by atoms with van der Waals surface area (Å²) in [7, 11) is 4.93. The van der Waals surface area contributed by atoms with Gasteiger partial charge in [0, 0.05) is 25.9 Å². The zero-order valence-electron chi connectivity index (χ0n) is 10.5. The van der Waals surface area contributed by atoms with E-state index in [9.17, 15) is 4.79 Å². The highest BCUT2D eigenvalue weighted by Crippen LogP contribution is 2.22. The molecule has 0 amide bonds. The molecular formula is C11H15N5O2. The second-order valence-corrected chi connectivity index (χ2v) is 3.97. The van der Waals surface area contributed by atoms with Gasteiger partial charge in [-0.2, -0.15) is 10.2 Å². The molecule has 7 nitrogen and oxygen atoms in total. The molecule has 0 spiro atoms. The molecule has 0 saturated carbocycles. The molecule has 0 aliphatic carbocycles. The lowest BCUT2D eigenvalue weighted by molar-refractivity contribution is 0.0949. The van der Waals surface area contributed by atoms with Crippen molar-refractivity contribution in [2.45, 2.75) is 6.04 Å². The van der Waals surface area contributed by atoms with Crippen molar-refractivity contribution in [2.75, 3.05) is 7.11 Å². The van der Waals surface area contributed by atoms with E-state index in [0.29, 0.717) is 17.0 Å². The average molecular weight is 249 g/mol. The van der Waals surface area contributed by atoms with Crippen LogP contribution in [0.25, 0.3) is 0 Å². The number of rotatable bonds is 4. The fraction of sp³-hybridized carbons (Fsp3) is 0.364. The molecule has 1 atom stereocenters. The number of Topliss-reactive ketones (excluding diaryl/α,β-unsaturated/α-hetero) is 1. The molecule has 2 aromatic rings. The van der Waals surface area contributed by atoms with Crippen LogP contribution in [0.4, 0.5) is 0 Å². The summed E-state index contributed by atoms with van der Waals surface area (Å²) in [5.74, 6) is 0.168. The fourth-order valence-electron chi connectivity index (χ4n) is 1.75. The minimum absolute atomic E-state index is 0.250. The van der Waals surface area contributed by atoms with Crippen molar-refractivity contribution in [2.24, 2.45) is 19.8 Å². The average Bonchev–Trinajstić information content (AvgIpc) is 2.93. The van der Waals surface area contributed by atoms with E-state index in [2.05, 4.69) is 10.2 Å². The summed E-state index contributed by atoms with van der Waals surface area (Å²) in [5.41, 5.74) is 6.95. The number of hydrogen-bond acceptors (Lipinski definition) is 5. The normalized spacial score (nSPS) is 12.4. The lowest BCUT2D eigenvalue weighted by Crippen LogP contribution is -2.23. The standard InChI is InChI=1S/C11H15N5O2/c1-15-6-7(4-13-15)9(12)11(17)10-8(18-3)5-14-16(10)2/h4-6,9H,12H2,1-3H3. The molecule has 2 rings (SSSR count). The van der Waals surface area contributed by atoms with E-state index in [1.165, 1.54) is 18.0 Å². The van der Waals surface area contributed by atoms with Crippen molar-refractivity contribution in [1.82, 2.24) is 19.6 Å². The Kier molecular flexibility index (Phi) is 3.15. The number of methoxy groups -OCH3 is 1. The van der Waals surface area contributed by atoms with Crippen LogP contribution in [0.5, 0.6) is 5.75 Å². The lowest BCUT2D eigenvalue weighted by Gasteiger charge is -2.09. The van der Waals surface area contributed by atoms with Crippen molar-refractivity contribution in [3.05, 3.63) is 29.8 Å². The first-order valence-electron chi connectivity index (χ1n) is 5.39. The third kappa shape index (κ3) is 2.00. The summed E-state index contributed by atoms with van der Waals surface area (Å²) >= 11 is 0. The van der Waals surface area contributed by atoms with Crippen LogP contribution in [0.2, 0.25) is 0 Å². The number of ether oxygens (including phenoxy) is 1. The van der Waals surface area contributed by atoms with Gasteiger partial charge in [-0.15, -0.1) is 0 Å². The molecule has 1 unspecified atom stereocenters. The topological polar surface area (TPSA) is 88.0 Å². The molecule has 0 aliphatic rings. The fourth-order valence-corrected chi connectivity index (χ4v) is 1.75. The van der Waals surface area contributed by atoms with E-state index < -0.39 is 6.04 Å². The zero-order chi connectivity index (χ0) is 13.3. The summed E-state index contributed by atoms with van der Waals surface area (Å²) in [5, 5.41) is 7.98. The number of hydrogen-bond donors (Lipinski definition) is 1. The molecule has 96 valence electrons. The van der Waals surface area contributed by atoms with E-state index in [4.69, 9.17) is 10.5 Å². The van der Waals surface area contributed by atoms with Gasteiger partial charge in [0.25, 0.3) is 0 Å². The summed E-state index contributed by atoms with van der Waals surface area (Å²) in [4.78, 5) is 12.3. The van der Waals surface area contributed by atoms with Gasteiger partial charge in [0.05, 0.1) is 25.5 Å². The third-order valence-electron chi connectivity index (χ3n) is 2.72. The van der Waals surface area contributed by atoms with Crippen LogP contribution in [0.15, 0.2) is 18.6 Å². The maximum atomic E-state index is 12.3. The first-order chi connectivity index (χ1) is 8.54. The number of carbonyl (C=O) groups excluding carboxylic acids is 1. The second-order valence-electron chi connectivity index (χ2n) is 3.97. The maximum absolute atomic E-state index is 12.3. The van der Waals surface area contributed by atoms with E-state index in [1.54, 1.807) is 31.2 Å². The first-order valence-corrected chi connectivity index (χ1v) is 5.39. The van der Waals surface area contributed by atoms with Crippen LogP contribution in [-0.4, -0.2) is 32.5 Å². The Morgan fingerprint density at radius 3 is 2.67 bits per heavy atom. The van der Waals surface area contributed by atoms with Crippen molar-refractivity contribution >= 4 is 5.78 Å². The van der Waals surface area contributed by atoms with E-state index >= 15 is 0 Å². The van der Waals surface area contributed by atoms with Crippen molar-refractivity contribution in [3.8, 4) is 5.75 Å². The molecule has 18 heavy (non-hydrogen) atoms. The van der Waals surface area contributed by atoms with E-state index in [1.807, 2.05) is 0 Å². The van der Waals surface area contributed by atoms with Crippen LogP contribution >= 0.6 is 0 Å². The van der Waals surface area contributed by atoms with Gasteiger partial charge < -0.3 is 10.5 Å². The third-order valence-corrected chi connectivity index (χ3v) is 2.72. The predicted molar refractivity (Wildman–Crippen MR) is 64.2 cm³/mol. The summed E-state index contributed by atoms with van der Waals surface area (Å²) in [6.45, 7) is 0. The lowest BCUT2D eigenvalue weighted by atomic mass is 10.0. The quantitative estimate of drug-likeness (QED) is 0.773. The molecule has 0 fully saturated rings. The first kappa shape index (κ1) is 12.3. The largest absolute Gasteiger partial charge is 0.493 e. The molecular weight excluding hydrogens is 234 g/mol. The summed E-state index contributed by atoms with van der Waals surface area (Å²) < 4.78 is 8.15. The SMILES string of the molecule is COc1cnn(C)c1C(=O)C(N)c1cnn(C)c1. The molecule has 0 bridgehead atoms. The van der Waals surface area contributed by atoms with Crippen LogP contribution in [0.1, 0.15) is 22.1 Å². The van der Waals surface area contributed by atoms with Gasteiger partial charge in [-0.05, 0) is 0 Å². The number of aryl methyl sites for hydroxylation is 2. The number of aromatic nitrogens is 4. The number of nitrogens with zero attached hydrogens (tertiary/aromatic N) is 4. The Morgan fingerprint density at radius 1 is 1.39 bits per heavy atom. The van der Waals surface area contributed by atoms with Crippen molar-refractivity contribution < 1.29 is 9.53 Å². The molecule has 2 aromatic heterocycles. The monoisotopic (exact) mass is 249 g/mol. The summed E-state index contributed by atoms with van der Waals surface area (Å²) in [6, 6.07) is -0.775. The molecule has 2 N–H and O–H groups in total. The van der Waals surface area contributed by atoms with Gasteiger partial charge in [0.15, 0.2) is 5.75 Å². The minimum Gasteiger partial charge on any atom is -0.493 e. The highest BCUT2D eigenvalue weighted by atomic mass is 16.5. The zero-order valence-corrected chi connectivity index (χ0v) is 10.5. The molecule has 0 aliphatic heterocycles. The molecule has 2 heterocycles. The van der Waals surface area contributed by atoms with E-state index in [0.717, 1.165) is 0 Å². The summed E-state index contributed by atoms with van der Waals surface area (Å²) in [6.07, 6.45) is 4.78. The van der Waals surface area contributed by atoms with Gasteiger partial charge in [-0.1, -0.05) is 0 Å². The van der Waals surface area contributed by atoms with Crippen LogP contribution in [0.3, 0.4) is 0 Å². The smallest absolute Gasteiger partial charge is 0.205 e. The van der Waals surface area contributed by atoms with Crippen LogP contribution in [-0.2, 0) is 14.1 Å². The van der Waals surface area contributed by atoms with Gasteiger partial charge in [0.1, 0.15) is 5.69 Å². The van der Waals surface area contributed by atoms with Gasteiger partial charge >= 0.3 is 0 Å². The maximum Gasteiger partial charge on any atom is 0.205 e. The Morgan fingerprint density at radius 2 is 2.11 bits per heavy atom. The van der Waals surface area contributed by atoms with Crippen LogP contribution in [0, 0.1) is 0 Å². The molecule has 0 radical (unpaired) electrons. The Balaban J connectivity index is 2.33. The van der Waals surface area contributed by atoms with Gasteiger partial charge in [0.2, 0.25) is 5.78 Å². The highest BCUT2D eigenvalue weighted by molar-refractivity contribution is 6.01. The number of nitrogens with two attached hydrogens (primary N) is 1.